The lowest BCUT2D eigenvalue weighted by atomic mass is 10.0. The summed E-state index contributed by atoms with van der Waals surface area (Å²) >= 11 is 0. The number of amides is 2. The number of nitrogens with two attached hydrogens (primary N) is 2. The Balaban J connectivity index is 2.67. The van der Waals surface area contributed by atoms with Crippen molar-refractivity contribution in [2.45, 2.75) is 45.2 Å². The second kappa shape index (κ2) is 11.2. The molecule has 0 fully saturated rings. The van der Waals surface area contributed by atoms with E-state index in [0.29, 0.717) is 37.3 Å². The maximum atomic E-state index is 13.3. The molecule has 7 nitrogen and oxygen atoms in total. The topological polar surface area (TPSA) is 123 Å². The van der Waals surface area contributed by atoms with Crippen molar-refractivity contribution in [3.8, 4) is 0 Å². The number of carbonyl (C=O) groups excluding carboxylic acids is 2. The van der Waals surface area contributed by atoms with Gasteiger partial charge in [-0.1, -0.05) is 6.07 Å². The molecule has 0 radical (unpaired) electrons. The molecule has 2 atom stereocenters. The molecule has 150 valence electrons. The molecule has 0 spiro atoms. The SMILES string of the molecule is CCNC(=O)C(CCCN=C(C)N)NC(=O)C(N)Cc1ccc(F)c(F)c1. The second-order valence-electron chi connectivity index (χ2n) is 6.18. The number of nitrogens with one attached hydrogen (secondary N) is 2. The minimum Gasteiger partial charge on any atom is -0.388 e. The van der Waals surface area contributed by atoms with E-state index in [9.17, 15) is 18.4 Å². The van der Waals surface area contributed by atoms with Gasteiger partial charge in [-0.05, 0) is 50.8 Å². The van der Waals surface area contributed by atoms with Crippen molar-refractivity contribution in [1.29, 1.82) is 0 Å². The largest absolute Gasteiger partial charge is 0.388 e. The van der Waals surface area contributed by atoms with Crippen LogP contribution in [0, 0.1) is 11.6 Å². The van der Waals surface area contributed by atoms with E-state index in [1.807, 2.05) is 0 Å². The highest BCUT2D eigenvalue weighted by molar-refractivity contribution is 5.89. The molecule has 2 amide bonds. The van der Waals surface area contributed by atoms with Gasteiger partial charge in [0.25, 0.3) is 0 Å². The summed E-state index contributed by atoms with van der Waals surface area (Å²) in [7, 11) is 0. The molecule has 1 aromatic carbocycles. The molecule has 0 aliphatic carbocycles. The lowest BCUT2D eigenvalue weighted by Crippen LogP contribution is -2.52. The summed E-state index contributed by atoms with van der Waals surface area (Å²) in [5.41, 5.74) is 11.7. The average molecular weight is 383 g/mol. The summed E-state index contributed by atoms with van der Waals surface area (Å²) in [6.07, 6.45) is 0.934. The van der Waals surface area contributed by atoms with Gasteiger partial charge in [-0.2, -0.15) is 0 Å². The summed E-state index contributed by atoms with van der Waals surface area (Å²) in [5.74, 6) is -2.39. The predicted octanol–water partition coefficient (Wildman–Crippen LogP) is 0.613. The molecule has 0 heterocycles. The minimum atomic E-state index is -1.00. The number of rotatable bonds is 10. The highest BCUT2D eigenvalue weighted by Gasteiger charge is 2.23. The van der Waals surface area contributed by atoms with Gasteiger partial charge in [-0.25, -0.2) is 8.78 Å². The molecule has 27 heavy (non-hydrogen) atoms. The predicted molar refractivity (Wildman–Crippen MR) is 100 cm³/mol. The first-order valence-corrected chi connectivity index (χ1v) is 8.78. The normalized spacial score (nSPS) is 13.7. The van der Waals surface area contributed by atoms with Crippen LogP contribution in [0.15, 0.2) is 23.2 Å². The first-order chi connectivity index (χ1) is 12.7. The second-order valence-corrected chi connectivity index (χ2v) is 6.18. The van der Waals surface area contributed by atoms with Gasteiger partial charge in [-0.15, -0.1) is 0 Å². The first-order valence-electron chi connectivity index (χ1n) is 8.78. The molecular weight excluding hydrogens is 356 g/mol. The highest BCUT2D eigenvalue weighted by atomic mass is 19.2. The third kappa shape index (κ3) is 8.12. The average Bonchev–Trinajstić information content (AvgIpc) is 2.60. The molecule has 0 aliphatic rings. The van der Waals surface area contributed by atoms with Crippen LogP contribution >= 0.6 is 0 Å². The molecule has 0 bridgehead atoms. The molecule has 1 rings (SSSR count). The zero-order valence-electron chi connectivity index (χ0n) is 15.6. The van der Waals surface area contributed by atoms with Gasteiger partial charge in [0.05, 0.1) is 11.9 Å². The van der Waals surface area contributed by atoms with Crippen molar-refractivity contribution in [3.05, 3.63) is 35.4 Å². The summed E-state index contributed by atoms with van der Waals surface area (Å²) in [6.45, 7) is 4.30. The van der Waals surface area contributed by atoms with E-state index in [-0.39, 0.29) is 12.3 Å². The molecule has 0 aromatic heterocycles. The van der Waals surface area contributed by atoms with Crippen LogP contribution in [0.3, 0.4) is 0 Å². The monoisotopic (exact) mass is 383 g/mol. The Bertz CT molecular complexity index is 678. The highest BCUT2D eigenvalue weighted by Crippen LogP contribution is 2.10. The number of likely N-dealkylation sites (N-methyl/N-ethyl adjacent to an activating group) is 1. The Morgan fingerprint density at radius 3 is 2.52 bits per heavy atom. The van der Waals surface area contributed by atoms with E-state index in [1.165, 1.54) is 6.07 Å². The van der Waals surface area contributed by atoms with Crippen molar-refractivity contribution < 1.29 is 18.4 Å². The summed E-state index contributed by atoms with van der Waals surface area (Å²) in [4.78, 5) is 28.5. The maximum absolute atomic E-state index is 13.3. The molecular formula is C18H27F2N5O2. The number of nitrogens with zero attached hydrogens (tertiary/aromatic N) is 1. The van der Waals surface area contributed by atoms with Crippen molar-refractivity contribution >= 4 is 17.6 Å². The molecule has 0 saturated heterocycles. The fourth-order valence-electron chi connectivity index (χ4n) is 2.41. The van der Waals surface area contributed by atoms with Crippen molar-refractivity contribution in [3.63, 3.8) is 0 Å². The van der Waals surface area contributed by atoms with E-state index >= 15 is 0 Å². The van der Waals surface area contributed by atoms with E-state index in [0.717, 1.165) is 12.1 Å². The van der Waals surface area contributed by atoms with Gasteiger partial charge < -0.3 is 22.1 Å². The summed E-state index contributed by atoms with van der Waals surface area (Å²) in [5, 5.41) is 5.27. The van der Waals surface area contributed by atoms with Gasteiger partial charge in [0, 0.05) is 13.1 Å². The Labute approximate surface area is 157 Å². The maximum Gasteiger partial charge on any atom is 0.242 e. The van der Waals surface area contributed by atoms with E-state index in [1.54, 1.807) is 13.8 Å². The Hall–Kier alpha value is -2.55. The number of hydrogen-bond donors (Lipinski definition) is 4. The summed E-state index contributed by atoms with van der Waals surface area (Å²) in [6, 6.07) is 1.57. The first kappa shape index (κ1) is 22.5. The Kier molecular flexibility index (Phi) is 9.35. The van der Waals surface area contributed by atoms with Crippen molar-refractivity contribution in [1.82, 2.24) is 10.6 Å². The molecule has 0 saturated carbocycles. The number of hydrogen-bond acceptors (Lipinski definition) is 4. The number of benzene rings is 1. The Morgan fingerprint density at radius 1 is 1.22 bits per heavy atom. The Morgan fingerprint density at radius 2 is 1.93 bits per heavy atom. The van der Waals surface area contributed by atoms with Crippen molar-refractivity contribution in [2.75, 3.05) is 13.1 Å². The van der Waals surface area contributed by atoms with E-state index in [4.69, 9.17) is 11.5 Å². The van der Waals surface area contributed by atoms with Crippen LogP contribution in [0.5, 0.6) is 0 Å². The van der Waals surface area contributed by atoms with Crippen LogP contribution in [-0.2, 0) is 16.0 Å². The van der Waals surface area contributed by atoms with Gasteiger partial charge in [0.15, 0.2) is 11.6 Å². The van der Waals surface area contributed by atoms with Crippen LogP contribution in [0.4, 0.5) is 8.78 Å². The standard InChI is InChI=1S/C18H27F2N5O2/c1-3-23-18(27)16(5-4-8-24-11(2)21)25-17(26)15(22)10-12-6-7-13(19)14(20)9-12/h6-7,9,15-16H,3-5,8,10,22H2,1-2H3,(H2,21,24)(H,23,27)(H,25,26). The van der Waals surface area contributed by atoms with Crippen LogP contribution in [0.2, 0.25) is 0 Å². The van der Waals surface area contributed by atoms with Crippen LogP contribution in [0.1, 0.15) is 32.3 Å². The van der Waals surface area contributed by atoms with Crippen molar-refractivity contribution in [2.24, 2.45) is 16.5 Å². The number of aliphatic imine (C=N–C) groups is 1. The van der Waals surface area contributed by atoms with Gasteiger partial charge in [-0.3, -0.25) is 14.6 Å². The van der Waals surface area contributed by atoms with E-state index in [2.05, 4.69) is 15.6 Å². The smallest absolute Gasteiger partial charge is 0.242 e. The molecule has 0 aliphatic heterocycles. The number of halogens is 2. The molecule has 9 heteroatoms. The lowest BCUT2D eigenvalue weighted by molar-refractivity contribution is -0.129. The third-order valence-electron chi connectivity index (χ3n) is 3.77. The lowest BCUT2D eigenvalue weighted by Gasteiger charge is -2.20. The van der Waals surface area contributed by atoms with E-state index < -0.39 is 29.6 Å². The zero-order valence-corrected chi connectivity index (χ0v) is 15.6. The van der Waals surface area contributed by atoms with Crippen LogP contribution < -0.4 is 22.1 Å². The van der Waals surface area contributed by atoms with Crippen LogP contribution in [0.25, 0.3) is 0 Å². The van der Waals surface area contributed by atoms with Gasteiger partial charge in [0.1, 0.15) is 6.04 Å². The summed E-state index contributed by atoms with van der Waals surface area (Å²) < 4.78 is 26.3. The number of carbonyl (C=O) groups is 2. The van der Waals surface area contributed by atoms with Gasteiger partial charge >= 0.3 is 0 Å². The van der Waals surface area contributed by atoms with Gasteiger partial charge in [0.2, 0.25) is 11.8 Å². The third-order valence-corrected chi connectivity index (χ3v) is 3.77. The number of amidine groups is 1. The minimum absolute atomic E-state index is 0.0157. The fourth-order valence-corrected chi connectivity index (χ4v) is 2.41. The fraction of sp³-hybridized carbons (Fsp3) is 0.500. The zero-order chi connectivity index (χ0) is 20.4. The molecule has 1 aromatic rings. The quantitative estimate of drug-likeness (QED) is 0.269. The molecule has 6 N–H and O–H groups in total. The van der Waals surface area contributed by atoms with Crippen LogP contribution in [-0.4, -0.2) is 42.8 Å². The molecule has 2 unspecified atom stereocenters.